The first kappa shape index (κ1) is 24.2. The number of hydrogen-bond acceptors (Lipinski definition) is 6. The summed E-state index contributed by atoms with van der Waals surface area (Å²) in [6, 6.07) is 0.255. The van der Waals surface area contributed by atoms with E-state index < -0.39 is 18.6 Å². The van der Waals surface area contributed by atoms with E-state index in [1.54, 1.807) is 0 Å². The van der Waals surface area contributed by atoms with Crippen LogP contribution in [0.4, 0.5) is 0 Å². The monoisotopic (exact) mass is 360 g/mol. The molecule has 1 aliphatic rings. The molecule has 0 radical (unpaired) electrons. The van der Waals surface area contributed by atoms with E-state index in [1.807, 2.05) is 0 Å². The summed E-state index contributed by atoms with van der Waals surface area (Å²) in [5.74, 6) is -1.03. The van der Waals surface area contributed by atoms with Crippen LogP contribution in [0, 0.1) is 0 Å². The molecule has 1 unspecified atom stereocenters. The lowest BCUT2D eigenvalue weighted by atomic mass is 9.82. The second kappa shape index (κ2) is 12.4. The number of carboxylic acids is 1. The third-order valence-corrected chi connectivity index (χ3v) is 3.69. The van der Waals surface area contributed by atoms with Crippen molar-refractivity contribution in [2.24, 2.45) is 5.73 Å². The number of unbranched alkanes of at least 4 members (excludes halogenated alkanes) is 1. The maximum absolute atomic E-state index is 11.3. The molecule has 132 valence electrons. The van der Waals surface area contributed by atoms with E-state index in [4.69, 9.17) is 20.5 Å². The van der Waals surface area contributed by atoms with Gasteiger partial charge in [-0.25, -0.2) is 0 Å². The molecule has 0 bridgehead atoms. The zero-order valence-corrected chi connectivity index (χ0v) is 14.2. The van der Waals surface area contributed by atoms with E-state index in [0.717, 1.165) is 12.8 Å². The molecule has 1 aliphatic heterocycles. The van der Waals surface area contributed by atoms with Crippen molar-refractivity contribution in [2.45, 2.75) is 50.0 Å². The molecule has 1 rings (SSSR count). The zero-order chi connectivity index (χ0) is 15.0. The van der Waals surface area contributed by atoms with E-state index >= 15 is 0 Å². The van der Waals surface area contributed by atoms with Crippen LogP contribution in [0.1, 0.15) is 32.1 Å². The van der Waals surface area contributed by atoms with Crippen molar-refractivity contribution >= 4 is 37.9 Å². The largest absolute Gasteiger partial charge is 0.480 e. The highest BCUT2D eigenvalue weighted by Crippen LogP contribution is 2.15. The molecule has 1 atom stereocenters. The van der Waals surface area contributed by atoms with Gasteiger partial charge >= 0.3 is 13.1 Å². The average molecular weight is 361 g/mol. The fraction of sp³-hybridized carbons (Fsp3) is 0.917. The van der Waals surface area contributed by atoms with Crippen LogP contribution in [0.25, 0.3) is 0 Å². The smallest absolute Gasteiger partial charge is 0.451 e. The van der Waals surface area contributed by atoms with Crippen molar-refractivity contribution in [2.75, 3.05) is 19.8 Å². The highest BCUT2D eigenvalue weighted by Gasteiger charge is 2.34. The van der Waals surface area contributed by atoms with Crippen LogP contribution in [0.3, 0.4) is 0 Å². The Balaban J connectivity index is 0. The van der Waals surface area contributed by atoms with Gasteiger partial charge in [0, 0.05) is 25.8 Å². The Morgan fingerprint density at radius 2 is 1.86 bits per heavy atom. The van der Waals surface area contributed by atoms with Crippen LogP contribution >= 0.6 is 24.8 Å². The fourth-order valence-corrected chi connectivity index (χ4v) is 2.27. The summed E-state index contributed by atoms with van der Waals surface area (Å²) in [6.07, 6.45) is 3.38. The molecular weight excluding hydrogens is 334 g/mol. The Morgan fingerprint density at radius 1 is 1.27 bits per heavy atom. The molecule has 1 heterocycles. The molecule has 6 N–H and O–H groups in total. The van der Waals surface area contributed by atoms with Crippen LogP contribution in [0.5, 0.6) is 0 Å². The van der Waals surface area contributed by atoms with Crippen molar-refractivity contribution in [3.8, 4) is 0 Å². The fourth-order valence-electron chi connectivity index (χ4n) is 2.27. The van der Waals surface area contributed by atoms with Gasteiger partial charge in [0.1, 0.15) is 5.54 Å². The van der Waals surface area contributed by atoms with Gasteiger partial charge in [0.25, 0.3) is 0 Å². The molecule has 10 heteroatoms. The van der Waals surface area contributed by atoms with Gasteiger partial charge in [-0.2, -0.15) is 0 Å². The number of hydrogen-bond donors (Lipinski definition) is 5. The van der Waals surface area contributed by atoms with Crippen molar-refractivity contribution in [1.82, 2.24) is 5.32 Å². The summed E-state index contributed by atoms with van der Waals surface area (Å²) in [5, 5.41) is 30.0. The molecule has 0 aromatic rings. The molecule has 1 fully saturated rings. The Bertz CT molecular complexity index is 309. The molecule has 0 saturated carbocycles. The predicted molar refractivity (Wildman–Crippen MR) is 89.7 cm³/mol. The third-order valence-electron chi connectivity index (χ3n) is 3.69. The Kier molecular flexibility index (Phi) is 13.6. The van der Waals surface area contributed by atoms with Gasteiger partial charge in [0.05, 0.1) is 0 Å². The minimum absolute atomic E-state index is 0. The van der Waals surface area contributed by atoms with Gasteiger partial charge < -0.3 is 30.9 Å². The second-order valence-corrected chi connectivity index (χ2v) is 5.46. The topological polar surface area (TPSA) is 125 Å². The van der Waals surface area contributed by atoms with Gasteiger partial charge in [-0.15, -0.1) is 24.8 Å². The number of aliphatic carboxylic acids is 1. The lowest BCUT2D eigenvalue weighted by Crippen LogP contribution is -2.57. The molecule has 0 aromatic heterocycles. The van der Waals surface area contributed by atoms with Gasteiger partial charge in [-0.1, -0.05) is 12.8 Å². The third kappa shape index (κ3) is 9.14. The molecule has 1 saturated heterocycles. The number of rotatable bonds is 9. The number of halogens is 2. The maximum atomic E-state index is 11.3. The van der Waals surface area contributed by atoms with E-state index in [-0.39, 0.29) is 43.7 Å². The number of nitrogens with one attached hydrogen (secondary N) is 1. The zero-order valence-electron chi connectivity index (χ0n) is 12.6. The van der Waals surface area contributed by atoms with Crippen molar-refractivity contribution in [3.05, 3.63) is 0 Å². The number of carboxylic acid groups (broad SMARTS) is 1. The normalized spacial score (nSPS) is 17.8. The maximum Gasteiger partial charge on any atom is 0.451 e. The first-order chi connectivity index (χ1) is 9.44. The van der Waals surface area contributed by atoms with Crippen LogP contribution in [-0.4, -0.2) is 59.6 Å². The highest BCUT2D eigenvalue weighted by atomic mass is 35.5. The van der Waals surface area contributed by atoms with Crippen molar-refractivity contribution in [3.63, 3.8) is 0 Å². The quantitative estimate of drug-likeness (QED) is 0.290. The predicted octanol–water partition coefficient (Wildman–Crippen LogP) is 0.0238. The minimum Gasteiger partial charge on any atom is -0.480 e. The van der Waals surface area contributed by atoms with Crippen LogP contribution in [0.2, 0.25) is 6.32 Å². The van der Waals surface area contributed by atoms with E-state index in [0.29, 0.717) is 32.5 Å². The number of ether oxygens (including phenoxy) is 1. The summed E-state index contributed by atoms with van der Waals surface area (Å²) in [7, 11) is -1.34. The van der Waals surface area contributed by atoms with Crippen LogP contribution in [-0.2, 0) is 9.53 Å². The van der Waals surface area contributed by atoms with Gasteiger partial charge in [-0.3, -0.25) is 4.79 Å². The van der Waals surface area contributed by atoms with Crippen molar-refractivity contribution in [1.29, 1.82) is 0 Å². The number of nitrogens with two attached hydrogens (primary N) is 1. The van der Waals surface area contributed by atoms with Crippen LogP contribution < -0.4 is 11.1 Å². The van der Waals surface area contributed by atoms with E-state index in [1.165, 1.54) is 0 Å². The molecule has 0 spiro atoms. The molecule has 22 heavy (non-hydrogen) atoms. The lowest BCUT2D eigenvalue weighted by molar-refractivity contribution is -0.143. The van der Waals surface area contributed by atoms with Gasteiger partial charge in [-0.05, 0) is 25.6 Å². The Labute approximate surface area is 143 Å². The highest BCUT2D eigenvalue weighted by molar-refractivity contribution is 6.40. The number of carbonyl (C=O) groups is 1. The first-order valence-corrected chi connectivity index (χ1v) is 7.13. The van der Waals surface area contributed by atoms with E-state index in [2.05, 4.69) is 5.32 Å². The molecule has 0 amide bonds. The lowest BCUT2D eigenvalue weighted by Gasteiger charge is -2.30. The minimum atomic E-state index is -1.34. The SMILES string of the molecule is Cl.Cl.NC(CCCCB(O)O)(CNC1CCOCC1)C(=O)O. The summed E-state index contributed by atoms with van der Waals surface area (Å²) in [4.78, 5) is 11.3. The molecule has 7 nitrogen and oxygen atoms in total. The molecule has 0 aromatic carbocycles. The van der Waals surface area contributed by atoms with E-state index in [9.17, 15) is 9.90 Å². The first-order valence-electron chi connectivity index (χ1n) is 7.13. The van der Waals surface area contributed by atoms with Gasteiger partial charge in [0.15, 0.2) is 0 Å². The van der Waals surface area contributed by atoms with Crippen LogP contribution in [0.15, 0.2) is 0 Å². The van der Waals surface area contributed by atoms with Crippen molar-refractivity contribution < 1.29 is 24.7 Å². The van der Waals surface area contributed by atoms with Gasteiger partial charge in [0.2, 0.25) is 0 Å². The summed E-state index contributed by atoms with van der Waals surface area (Å²) < 4.78 is 5.25. The summed E-state index contributed by atoms with van der Waals surface area (Å²) >= 11 is 0. The standard InChI is InChI=1S/C12H25BN2O5.2ClH/c14-12(11(16)17,5-1-2-6-13(18)19)9-15-10-3-7-20-8-4-10;;/h10,15,18-19H,1-9,14H2,(H,16,17);2*1H. The molecule has 0 aliphatic carbocycles. The average Bonchev–Trinajstić information content (AvgIpc) is 2.42. The second-order valence-electron chi connectivity index (χ2n) is 5.46. The summed E-state index contributed by atoms with van der Waals surface area (Å²) in [5.41, 5.74) is 4.65. The molecular formula is C12H27BCl2N2O5. The Morgan fingerprint density at radius 3 is 2.36 bits per heavy atom. The Hall–Kier alpha value is -0.0851. The summed E-state index contributed by atoms with van der Waals surface area (Å²) in [6.45, 7) is 1.60.